The second-order valence-corrected chi connectivity index (χ2v) is 5.99. The molecule has 0 saturated heterocycles. The van der Waals surface area contributed by atoms with Gasteiger partial charge in [-0.15, -0.1) is 0 Å². The van der Waals surface area contributed by atoms with Crippen LogP contribution in [0.25, 0.3) is 0 Å². The molecule has 0 aliphatic rings. The lowest BCUT2D eigenvalue weighted by molar-refractivity contribution is 0.247. The van der Waals surface area contributed by atoms with Gasteiger partial charge in [0.05, 0.1) is 33.3 Å². The Labute approximate surface area is 148 Å². The van der Waals surface area contributed by atoms with E-state index in [9.17, 15) is 5.11 Å². The first kappa shape index (κ1) is 17.4. The molecule has 0 aliphatic heterocycles. The summed E-state index contributed by atoms with van der Waals surface area (Å²) in [5.74, 6) is 0.969. The number of benzene rings is 2. The molecule has 0 saturated carbocycles. The molecule has 0 amide bonds. The minimum absolute atomic E-state index is 0.00898. The zero-order valence-electron chi connectivity index (χ0n) is 11.3. The van der Waals surface area contributed by atoms with Gasteiger partial charge in [0, 0.05) is 24.6 Å². The molecular formula is C15H12Cl4O3. The van der Waals surface area contributed by atoms with E-state index in [1.165, 1.54) is 12.1 Å². The molecule has 0 spiro atoms. The van der Waals surface area contributed by atoms with Crippen LogP contribution in [0.5, 0.6) is 17.2 Å². The molecule has 2 rings (SSSR count). The molecule has 0 aliphatic carbocycles. The summed E-state index contributed by atoms with van der Waals surface area (Å²) in [5, 5.41) is 10.8. The van der Waals surface area contributed by atoms with E-state index >= 15 is 0 Å². The van der Waals surface area contributed by atoms with E-state index in [-0.39, 0.29) is 15.8 Å². The Balaban J connectivity index is 1.79. The summed E-state index contributed by atoms with van der Waals surface area (Å²) < 4.78 is 11.0. The van der Waals surface area contributed by atoms with Gasteiger partial charge in [-0.3, -0.25) is 0 Å². The number of phenols is 1. The predicted molar refractivity (Wildman–Crippen MR) is 90.2 cm³/mol. The van der Waals surface area contributed by atoms with E-state index in [1.807, 2.05) is 0 Å². The van der Waals surface area contributed by atoms with Crippen LogP contribution in [0, 0.1) is 0 Å². The van der Waals surface area contributed by atoms with Crippen molar-refractivity contribution in [2.24, 2.45) is 0 Å². The SMILES string of the molecule is Oc1cc(Cl)c(OCCCOc2ccc(Cl)c(Cl)c2)c(Cl)c1. The molecule has 118 valence electrons. The summed E-state index contributed by atoms with van der Waals surface area (Å²) in [6.45, 7) is 0.802. The molecular weight excluding hydrogens is 370 g/mol. The van der Waals surface area contributed by atoms with Gasteiger partial charge in [-0.25, -0.2) is 0 Å². The number of hydrogen-bond acceptors (Lipinski definition) is 3. The van der Waals surface area contributed by atoms with Gasteiger partial charge in [-0.2, -0.15) is 0 Å². The maximum atomic E-state index is 9.33. The van der Waals surface area contributed by atoms with E-state index in [2.05, 4.69) is 0 Å². The summed E-state index contributed by atoms with van der Waals surface area (Å²) in [6, 6.07) is 7.80. The highest BCUT2D eigenvalue weighted by atomic mass is 35.5. The van der Waals surface area contributed by atoms with Crippen LogP contribution in [-0.2, 0) is 0 Å². The van der Waals surface area contributed by atoms with Crippen LogP contribution in [-0.4, -0.2) is 18.3 Å². The van der Waals surface area contributed by atoms with Crippen LogP contribution < -0.4 is 9.47 Å². The molecule has 0 radical (unpaired) electrons. The monoisotopic (exact) mass is 380 g/mol. The maximum Gasteiger partial charge on any atom is 0.156 e. The van der Waals surface area contributed by atoms with Crippen LogP contribution in [0.15, 0.2) is 30.3 Å². The Kier molecular flexibility index (Phi) is 6.33. The average Bonchev–Trinajstić information content (AvgIpc) is 2.44. The molecule has 2 aromatic rings. The van der Waals surface area contributed by atoms with Crippen molar-refractivity contribution in [2.45, 2.75) is 6.42 Å². The van der Waals surface area contributed by atoms with E-state index in [4.69, 9.17) is 55.9 Å². The second kappa shape index (κ2) is 8.02. The van der Waals surface area contributed by atoms with Crippen molar-refractivity contribution < 1.29 is 14.6 Å². The molecule has 2 aromatic carbocycles. The van der Waals surface area contributed by atoms with Crippen molar-refractivity contribution in [3.8, 4) is 17.2 Å². The van der Waals surface area contributed by atoms with Crippen LogP contribution in [0.2, 0.25) is 20.1 Å². The molecule has 1 N–H and O–H groups in total. The largest absolute Gasteiger partial charge is 0.508 e. The van der Waals surface area contributed by atoms with Crippen LogP contribution in [0.4, 0.5) is 0 Å². The zero-order valence-corrected chi connectivity index (χ0v) is 14.3. The molecule has 0 atom stereocenters. The Morgan fingerprint density at radius 3 is 2.05 bits per heavy atom. The van der Waals surface area contributed by atoms with Crippen molar-refractivity contribution in [3.63, 3.8) is 0 Å². The third-order valence-electron chi connectivity index (χ3n) is 2.68. The molecule has 22 heavy (non-hydrogen) atoms. The number of ether oxygens (including phenoxy) is 2. The van der Waals surface area contributed by atoms with Crippen molar-refractivity contribution in [1.29, 1.82) is 0 Å². The van der Waals surface area contributed by atoms with Gasteiger partial charge < -0.3 is 14.6 Å². The first-order chi connectivity index (χ1) is 10.5. The number of phenolic OH excluding ortho intramolecular Hbond substituents is 1. The quantitative estimate of drug-likeness (QED) is 0.637. The third kappa shape index (κ3) is 4.75. The van der Waals surface area contributed by atoms with E-state index < -0.39 is 0 Å². The molecule has 0 unspecified atom stereocenters. The van der Waals surface area contributed by atoms with Crippen LogP contribution >= 0.6 is 46.4 Å². The first-order valence-corrected chi connectivity index (χ1v) is 7.87. The first-order valence-electron chi connectivity index (χ1n) is 6.36. The number of rotatable bonds is 6. The predicted octanol–water partition coefficient (Wildman–Crippen LogP) is 5.85. The highest BCUT2D eigenvalue weighted by Gasteiger charge is 2.09. The van der Waals surface area contributed by atoms with Crippen molar-refractivity contribution in [1.82, 2.24) is 0 Å². The highest BCUT2D eigenvalue weighted by molar-refractivity contribution is 6.42. The summed E-state index contributed by atoms with van der Waals surface area (Å²) >= 11 is 23.6. The lowest BCUT2D eigenvalue weighted by Crippen LogP contribution is -2.05. The molecule has 0 fully saturated rings. The van der Waals surface area contributed by atoms with Gasteiger partial charge in [-0.1, -0.05) is 46.4 Å². The second-order valence-electron chi connectivity index (χ2n) is 4.36. The fraction of sp³-hybridized carbons (Fsp3) is 0.200. The van der Waals surface area contributed by atoms with Crippen molar-refractivity contribution in [3.05, 3.63) is 50.4 Å². The summed E-state index contributed by atoms with van der Waals surface area (Å²) in [6.07, 6.45) is 0.619. The number of halogens is 4. The molecule has 0 bridgehead atoms. The van der Waals surface area contributed by atoms with E-state index in [0.717, 1.165) is 0 Å². The van der Waals surface area contributed by atoms with Gasteiger partial charge in [0.1, 0.15) is 11.5 Å². The summed E-state index contributed by atoms with van der Waals surface area (Å²) in [7, 11) is 0. The van der Waals surface area contributed by atoms with E-state index in [1.54, 1.807) is 18.2 Å². The highest BCUT2D eigenvalue weighted by Crippen LogP contribution is 2.36. The lowest BCUT2D eigenvalue weighted by Gasteiger charge is -2.11. The maximum absolute atomic E-state index is 9.33. The van der Waals surface area contributed by atoms with Crippen molar-refractivity contribution >= 4 is 46.4 Å². The fourth-order valence-corrected chi connectivity index (χ4v) is 2.55. The molecule has 0 heterocycles. The Bertz CT molecular complexity index is 638. The fourth-order valence-electron chi connectivity index (χ4n) is 1.67. The van der Waals surface area contributed by atoms with Gasteiger partial charge in [-0.05, 0) is 12.1 Å². The van der Waals surface area contributed by atoms with Gasteiger partial charge in [0.15, 0.2) is 5.75 Å². The smallest absolute Gasteiger partial charge is 0.156 e. The van der Waals surface area contributed by atoms with Crippen LogP contribution in [0.1, 0.15) is 6.42 Å². The average molecular weight is 382 g/mol. The Morgan fingerprint density at radius 1 is 0.773 bits per heavy atom. The van der Waals surface area contributed by atoms with Gasteiger partial charge >= 0.3 is 0 Å². The lowest BCUT2D eigenvalue weighted by atomic mass is 10.3. The molecule has 3 nitrogen and oxygen atoms in total. The minimum Gasteiger partial charge on any atom is -0.508 e. The standard InChI is InChI=1S/C15H12Cl4O3/c16-11-3-2-10(8-12(11)17)21-4-1-5-22-15-13(18)6-9(20)7-14(15)19/h2-3,6-8,20H,1,4-5H2. The topological polar surface area (TPSA) is 38.7 Å². The number of aromatic hydroxyl groups is 1. The van der Waals surface area contributed by atoms with Crippen LogP contribution in [0.3, 0.4) is 0 Å². The van der Waals surface area contributed by atoms with Gasteiger partial charge in [0.25, 0.3) is 0 Å². The normalized spacial score (nSPS) is 10.5. The molecule has 0 aromatic heterocycles. The molecule has 7 heteroatoms. The number of hydrogen-bond donors (Lipinski definition) is 1. The Hall–Kier alpha value is -1.000. The zero-order chi connectivity index (χ0) is 16.1. The summed E-state index contributed by atoms with van der Waals surface area (Å²) in [5.41, 5.74) is 0. The summed E-state index contributed by atoms with van der Waals surface area (Å²) in [4.78, 5) is 0. The third-order valence-corrected chi connectivity index (χ3v) is 3.98. The van der Waals surface area contributed by atoms with E-state index in [0.29, 0.717) is 41.2 Å². The minimum atomic E-state index is -0.00898. The van der Waals surface area contributed by atoms with Crippen molar-refractivity contribution in [2.75, 3.05) is 13.2 Å². The Morgan fingerprint density at radius 2 is 1.41 bits per heavy atom. The van der Waals surface area contributed by atoms with Gasteiger partial charge in [0.2, 0.25) is 0 Å².